The fourth-order valence-electron chi connectivity index (χ4n) is 6.34. The summed E-state index contributed by atoms with van der Waals surface area (Å²) in [7, 11) is 0. The number of carbonyl (C=O) groups is 1. The number of hydrogen-bond donors (Lipinski definition) is 1. The molecule has 0 amide bonds. The van der Waals surface area contributed by atoms with Crippen LogP contribution in [-0.2, 0) is 24.2 Å². The van der Waals surface area contributed by atoms with Gasteiger partial charge in [-0.25, -0.2) is 4.79 Å². The third-order valence-corrected chi connectivity index (χ3v) is 6.88. The molecule has 1 N–H and O–H groups in total. The van der Waals surface area contributed by atoms with Crippen LogP contribution in [0.2, 0.25) is 0 Å². The number of carboxylic acids is 1. The lowest BCUT2D eigenvalue weighted by Crippen LogP contribution is -2.47. The Morgan fingerprint density at radius 2 is 1.63 bits per heavy atom. The van der Waals surface area contributed by atoms with Crippen LogP contribution in [0.3, 0.4) is 0 Å². The van der Waals surface area contributed by atoms with Crippen molar-refractivity contribution in [3.63, 3.8) is 0 Å². The van der Waals surface area contributed by atoms with Crippen molar-refractivity contribution in [2.45, 2.75) is 76.9 Å². The summed E-state index contributed by atoms with van der Waals surface area (Å²) >= 11 is 0. The smallest absolute Gasteiger partial charge is 0.475 e. The molecule has 1 aromatic rings. The van der Waals surface area contributed by atoms with Crippen LogP contribution in [0.4, 0.5) is 13.2 Å². The molecule has 4 fully saturated rings. The van der Waals surface area contributed by atoms with E-state index in [9.17, 15) is 13.2 Å². The van der Waals surface area contributed by atoms with Crippen molar-refractivity contribution in [1.82, 2.24) is 14.8 Å². The fraction of sp³-hybridized carbons (Fsp3) is 0.842. The molecule has 0 aromatic carbocycles. The first kappa shape index (κ1) is 18.7. The number of alkyl halides is 3. The van der Waals surface area contributed by atoms with Gasteiger partial charge in [-0.3, -0.25) is 0 Å². The number of fused-ring (bicyclic) bond motifs is 1. The molecular formula is C19H26F3N3O2. The lowest BCUT2D eigenvalue weighted by Gasteiger charge is -2.56. The lowest BCUT2D eigenvalue weighted by molar-refractivity contribution is -0.192. The first-order chi connectivity index (χ1) is 12.7. The van der Waals surface area contributed by atoms with Gasteiger partial charge in [0.15, 0.2) is 0 Å². The van der Waals surface area contributed by atoms with Gasteiger partial charge in [0.25, 0.3) is 0 Å². The number of hydrogen-bond acceptors (Lipinski definition) is 3. The highest BCUT2D eigenvalue weighted by Crippen LogP contribution is 2.60. The van der Waals surface area contributed by atoms with Gasteiger partial charge in [-0.2, -0.15) is 13.2 Å². The zero-order valence-electron chi connectivity index (χ0n) is 15.3. The van der Waals surface area contributed by atoms with E-state index in [1.54, 1.807) is 0 Å². The van der Waals surface area contributed by atoms with Crippen molar-refractivity contribution in [1.29, 1.82) is 0 Å². The van der Waals surface area contributed by atoms with E-state index in [-0.39, 0.29) is 0 Å². The molecular weight excluding hydrogens is 359 g/mol. The molecule has 0 spiro atoms. The normalized spacial score (nSPS) is 34.0. The highest BCUT2D eigenvalue weighted by Gasteiger charge is 2.51. The van der Waals surface area contributed by atoms with Crippen LogP contribution in [0.1, 0.15) is 63.0 Å². The van der Waals surface area contributed by atoms with E-state index in [1.807, 2.05) is 0 Å². The van der Waals surface area contributed by atoms with Crippen LogP contribution >= 0.6 is 0 Å². The number of carboxylic acid groups (broad SMARTS) is 1. The van der Waals surface area contributed by atoms with Gasteiger partial charge in [0, 0.05) is 19.4 Å². The van der Waals surface area contributed by atoms with Crippen molar-refractivity contribution in [3.05, 3.63) is 11.6 Å². The Morgan fingerprint density at radius 1 is 1.07 bits per heavy atom. The Kier molecular flexibility index (Phi) is 4.71. The van der Waals surface area contributed by atoms with Gasteiger partial charge in [-0.05, 0) is 74.5 Å². The Hall–Kier alpha value is -1.60. The minimum Gasteiger partial charge on any atom is -0.475 e. The highest BCUT2D eigenvalue weighted by molar-refractivity contribution is 5.73. The average molecular weight is 385 g/mol. The summed E-state index contributed by atoms with van der Waals surface area (Å²) in [6.07, 6.45) is 8.99. The van der Waals surface area contributed by atoms with E-state index in [0.717, 1.165) is 24.2 Å². The van der Waals surface area contributed by atoms with Crippen molar-refractivity contribution < 1.29 is 23.1 Å². The van der Waals surface area contributed by atoms with E-state index in [1.165, 1.54) is 76.0 Å². The largest absolute Gasteiger partial charge is 0.490 e. The van der Waals surface area contributed by atoms with E-state index in [2.05, 4.69) is 14.8 Å². The maximum absolute atomic E-state index is 10.6. The molecule has 1 aromatic heterocycles. The molecule has 5 aliphatic rings. The zero-order valence-corrected chi connectivity index (χ0v) is 15.3. The minimum absolute atomic E-state index is 0.607. The number of aryl methyl sites for hydroxylation is 1. The molecule has 8 heteroatoms. The molecule has 0 atom stereocenters. The Labute approximate surface area is 156 Å². The monoisotopic (exact) mass is 385 g/mol. The average Bonchev–Trinajstić information content (AvgIpc) is 2.96. The minimum atomic E-state index is -5.08. The molecule has 5 nitrogen and oxygen atoms in total. The number of rotatable bonds is 2. The molecule has 0 radical (unpaired) electrons. The van der Waals surface area contributed by atoms with E-state index < -0.39 is 12.1 Å². The van der Waals surface area contributed by atoms with Gasteiger partial charge < -0.3 is 9.67 Å². The molecule has 2 heterocycles. The lowest BCUT2D eigenvalue weighted by atomic mass is 9.49. The Bertz CT molecular complexity index is 678. The molecule has 150 valence electrons. The number of aliphatic carboxylic acids is 1. The molecule has 1 aliphatic heterocycles. The van der Waals surface area contributed by atoms with Crippen molar-refractivity contribution >= 4 is 5.97 Å². The predicted molar refractivity (Wildman–Crippen MR) is 91.0 cm³/mol. The Morgan fingerprint density at radius 3 is 2.15 bits per heavy atom. The van der Waals surface area contributed by atoms with E-state index >= 15 is 0 Å². The van der Waals surface area contributed by atoms with Crippen LogP contribution < -0.4 is 0 Å². The topological polar surface area (TPSA) is 68.0 Å². The molecule has 4 aliphatic carbocycles. The van der Waals surface area contributed by atoms with Crippen molar-refractivity contribution in [2.24, 2.45) is 23.2 Å². The van der Waals surface area contributed by atoms with Crippen LogP contribution in [-0.4, -0.2) is 32.0 Å². The number of aromatic nitrogens is 3. The second-order valence-electron chi connectivity index (χ2n) is 9.04. The Balaban J connectivity index is 0.000000224. The molecule has 6 rings (SSSR count). The van der Waals surface area contributed by atoms with Crippen molar-refractivity contribution in [3.8, 4) is 0 Å². The third kappa shape index (κ3) is 3.85. The summed E-state index contributed by atoms with van der Waals surface area (Å²) in [5, 5.41) is 16.2. The fourth-order valence-corrected chi connectivity index (χ4v) is 6.34. The molecule has 27 heavy (non-hydrogen) atoms. The van der Waals surface area contributed by atoms with Crippen LogP contribution in [0.5, 0.6) is 0 Å². The maximum atomic E-state index is 10.6. The van der Waals surface area contributed by atoms with Crippen LogP contribution in [0.25, 0.3) is 0 Å². The summed E-state index contributed by atoms with van der Waals surface area (Å²) < 4.78 is 34.2. The quantitative estimate of drug-likeness (QED) is 0.835. The van der Waals surface area contributed by atoms with E-state index in [0.29, 0.717) is 5.41 Å². The standard InChI is InChI=1S/C17H25N3.C2HF3O2/c1-2-4-20-15(3-1)18-19-16(20)11-17-8-12-5-13(9-17)7-14(6-12)10-17;3-2(4,5)1(6)7/h12-14H,1-11H2;(H,6,7). The van der Waals surface area contributed by atoms with Crippen LogP contribution in [0, 0.1) is 23.2 Å². The summed E-state index contributed by atoms with van der Waals surface area (Å²) in [6, 6.07) is 0. The molecule has 4 bridgehead atoms. The predicted octanol–water partition coefficient (Wildman–Crippen LogP) is 4.01. The van der Waals surface area contributed by atoms with Gasteiger partial charge in [-0.15, -0.1) is 10.2 Å². The molecule has 0 saturated heterocycles. The van der Waals surface area contributed by atoms with E-state index in [4.69, 9.17) is 9.90 Å². The first-order valence-corrected chi connectivity index (χ1v) is 9.95. The van der Waals surface area contributed by atoms with Gasteiger partial charge >= 0.3 is 12.1 Å². The molecule has 4 saturated carbocycles. The van der Waals surface area contributed by atoms with Gasteiger partial charge in [0.1, 0.15) is 11.6 Å². The van der Waals surface area contributed by atoms with Gasteiger partial charge in [-0.1, -0.05) is 0 Å². The number of halogens is 3. The highest BCUT2D eigenvalue weighted by atomic mass is 19.4. The van der Waals surface area contributed by atoms with Gasteiger partial charge in [0.05, 0.1) is 0 Å². The summed E-state index contributed by atoms with van der Waals surface area (Å²) in [4.78, 5) is 8.90. The van der Waals surface area contributed by atoms with Crippen LogP contribution in [0.15, 0.2) is 0 Å². The summed E-state index contributed by atoms with van der Waals surface area (Å²) in [5.74, 6) is 2.96. The summed E-state index contributed by atoms with van der Waals surface area (Å²) in [5.41, 5.74) is 0.607. The molecule has 0 unspecified atom stereocenters. The zero-order chi connectivity index (χ0) is 19.2. The first-order valence-electron chi connectivity index (χ1n) is 9.95. The van der Waals surface area contributed by atoms with Crippen molar-refractivity contribution in [2.75, 3.05) is 0 Å². The maximum Gasteiger partial charge on any atom is 0.490 e. The van der Waals surface area contributed by atoms with Gasteiger partial charge in [0.2, 0.25) is 0 Å². The second-order valence-corrected chi connectivity index (χ2v) is 9.04. The number of nitrogens with zero attached hydrogens (tertiary/aromatic N) is 3. The SMILES string of the molecule is C1CCn2c(nnc2CC23CC4CC(CC(C4)C2)C3)C1.O=C(O)C(F)(F)F. The summed E-state index contributed by atoms with van der Waals surface area (Å²) in [6.45, 7) is 1.17. The third-order valence-electron chi connectivity index (χ3n) is 6.88. The second kappa shape index (κ2) is 6.78.